The zero-order valence-corrected chi connectivity index (χ0v) is 10.6. The van der Waals surface area contributed by atoms with Crippen LogP contribution in [-0.2, 0) is 4.74 Å². The Kier molecular flexibility index (Phi) is 3.06. The molecule has 2 aromatic rings. The number of nitrogens with zero attached hydrogens (tertiary/aromatic N) is 2. The second-order valence-electron chi connectivity index (χ2n) is 4.68. The van der Waals surface area contributed by atoms with E-state index >= 15 is 0 Å². The molecule has 0 aliphatic carbocycles. The second-order valence-corrected chi connectivity index (χ2v) is 4.68. The number of aliphatic hydroxyl groups excluding tert-OH is 3. The number of nitrogens with one attached hydrogen (secondary N) is 2. The van der Waals surface area contributed by atoms with Crippen molar-refractivity contribution in [2.24, 2.45) is 0 Å². The largest absolute Gasteiger partial charge is 0.394 e. The summed E-state index contributed by atoms with van der Waals surface area (Å²) in [5, 5.41) is 28.7. The highest BCUT2D eigenvalue weighted by Gasteiger charge is 2.44. The van der Waals surface area contributed by atoms with E-state index in [1.807, 2.05) is 0 Å². The lowest BCUT2D eigenvalue weighted by atomic mass is 10.1. The predicted molar refractivity (Wildman–Crippen MR) is 68.4 cm³/mol. The second kappa shape index (κ2) is 4.66. The molecule has 114 valence electrons. The summed E-state index contributed by atoms with van der Waals surface area (Å²) in [5.41, 5.74) is 3.77. The molecule has 11 nitrogen and oxygen atoms in total. The number of fused-ring (bicyclic) bond motifs is 1. The molecule has 1 aliphatic rings. The van der Waals surface area contributed by atoms with E-state index in [1.165, 1.54) is 0 Å². The van der Waals surface area contributed by atoms with Gasteiger partial charge in [0.15, 0.2) is 17.4 Å². The lowest BCUT2D eigenvalue weighted by molar-refractivity contribution is -0.0524. The van der Waals surface area contributed by atoms with Crippen LogP contribution in [0.4, 0.5) is 5.95 Å². The number of nitrogens with two attached hydrogens (primary N) is 1. The van der Waals surface area contributed by atoms with Gasteiger partial charge in [0.25, 0.3) is 5.56 Å². The molecule has 1 saturated heterocycles. The van der Waals surface area contributed by atoms with Gasteiger partial charge in [0, 0.05) is 0 Å². The quantitative estimate of drug-likeness (QED) is 0.332. The van der Waals surface area contributed by atoms with Crippen molar-refractivity contribution in [2.75, 3.05) is 12.3 Å². The van der Waals surface area contributed by atoms with Gasteiger partial charge in [-0.05, 0) is 0 Å². The van der Waals surface area contributed by atoms with Gasteiger partial charge < -0.3 is 25.8 Å². The Bertz CT molecular complexity index is 793. The number of rotatable bonds is 2. The van der Waals surface area contributed by atoms with Gasteiger partial charge in [0.1, 0.15) is 18.3 Å². The molecule has 2 aromatic heterocycles. The third kappa shape index (κ3) is 1.94. The molecule has 1 fully saturated rings. The molecule has 0 aromatic carbocycles. The lowest BCUT2D eigenvalue weighted by Gasteiger charge is -2.15. The topological polar surface area (TPSA) is 179 Å². The molecular formula is C10H13N5O6. The van der Waals surface area contributed by atoms with E-state index in [0.29, 0.717) is 0 Å². The molecule has 0 amide bonds. The maximum Gasteiger partial charge on any atom is 0.330 e. The SMILES string of the molecule is Nc1nc2c([nH]c(=O)n2[C@H]2O[C@@H](CO)[C@H](O)[C@@H]2O)c(=O)[nH]1. The molecule has 0 unspecified atom stereocenters. The summed E-state index contributed by atoms with van der Waals surface area (Å²) in [4.78, 5) is 32.0. The molecule has 1 aliphatic heterocycles. The smallest absolute Gasteiger partial charge is 0.330 e. The molecule has 11 heteroatoms. The molecule has 0 radical (unpaired) electrons. The third-order valence-corrected chi connectivity index (χ3v) is 3.37. The van der Waals surface area contributed by atoms with Crippen molar-refractivity contribution in [2.45, 2.75) is 24.5 Å². The van der Waals surface area contributed by atoms with E-state index in [9.17, 15) is 19.8 Å². The summed E-state index contributed by atoms with van der Waals surface area (Å²) in [6.07, 6.45) is -5.20. The highest BCUT2D eigenvalue weighted by Crippen LogP contribution is 2.29. The summed E-state index contributed by atoms with van der Waals surface area (Å²) in [5.74, 6) is -0.216. The Balaban J connectivity index is 2.20. The Morgan fingerprint density at radius 1 is 1.29 bits per heavy atom. The molecule has 0 spiro atoms. The molecule has 3 heterocycles. The normalized spacial score (nSPS) is 29.3. The number of anilines is 1. The summed E-state index contributed by atoms with van der Waals surface area (Å²) in [6.45, 7) is -0.540. The number of H-pyrrole nitrogens is 2. The van der Waals surface area contributed by atoms with E-state index in [2.05, 4.69) is 15.0 Å². The van der Waals surface area contributed by atoms with E-state index in [0.717, 1.165) is 4.57 Å². The first-order chi connectivity index (χ1) is 9.93. The first-order valence-electron chi connectivity index (χ1n) is 6.06. The monoisotopic (exact) mass is 299 g/mol. The van der Waals surface area contributed by atoms with Crippen LogP contribution in [0.1, 0.15) is 6.23 Å². The number of aliphatic hydroxyl groups is 3. The minimum atomic E-state index is -1.47. The Morgan fingerprint density at radius 2 is 2.00 bits per heavy atom. The molecule has 3 rings (SSSR count). The first-order valence-corrected chi connectivity index (χ1v) is 6.06. The van der Waals surface area contributed by atoms with Gasteiger partial charge in [0.2, 0.25) is 5.95 Å². The number of hydrogen-bond acceptors (Lipinski definition) is 8. The predicted octanol–water partition coefficient (Wildman–Crippen LogP) is -3.39. The fourth-order valence-electron chi connectivity index (χ4n) is 2.36. The van der Waals surface area contributed by atoms with Crippen LogP contribution in [-0.4, -0.2) is 59.8 Å². The first kappa shape index (κ1) is 13.8. The van der Waals surface area contributed by atoms with Crippen molar-refractivity contribution in [3.63, 3.8) is 0 Å². The fraction of sp³-hybridized carbons (Fsp3) is 0.500. The van der Waals surface area contributed by atoms with E-state index < -0.39 is 42.4 Å². The van der Waals surface area contributed by atoms with Crippen LogP contribution in [0, 0.1) is 0 Å². The van der Waals surface area contributed by atoms with Crippen molar-refractivity contribution in [3.8, 4) is 0 Å². The molecule has 21 heavy (non-hydrogen) atoms. The van der Waals surface area contributed by atoms with Crippen LogP contribution < -0.4 is 17.0 Å². The number of aromatic amines is 2. The van der Waals surface area contributed by atoms with Crippen LogP contribution in [0.2, 0.25) is 0 Å². The van der Waals surface area contributed by atoms with E-state index in [-0.39, 0.29) is 17.1 Å². The molecule has 0 bridgehead atoms. The van der Waals surface area contributed by atoms with Gasteiger partial charge in [0.05, 0.1) is 6.61 Å². The Labute approximate surface area is 115 Å². The van der Waals surface area contributed by atoms with Crippen LogP contribution in [0.3, 0.4) is 0 Å². The highest BCUT2D eigenvalue weighted by molar-refractivity contribution is 5.70. The van der Waals surface area contributed by atoms with Crippen molar-refractivity contribution in [1.82, 2.24) is 19.5 Å². The van der Waals surface area contributed by atoms with Gasteiger partial charge in [-0.3, -0.25) is 14.8 Å². The lowest BCUT2D eigenvalue weighted by Crippen LogP contribution is -2.35. The maximum atomic E-state index is 12.0. The molecule has 7 N–H and O–H groups in total. The summed E-state index contributed by atoms with van der Waals surface area (Å²) < 4.78 is 6.13. The number of nitrogen functional groups attached to an aromatic ring is 1. The fourth-order valence-corrected chi connectivity index (χ4v) is 2.36. The Hall–Kier alpha value is -2.21. The van der Waals surface area contributed by atoms with E-state index in [4.69, 9.17) is 15.6 Å². The maximum absolute atomic E-state index is 12.0. The molecular weight excluding hydrogens is 286 g/mol. The van der Waals surface area contributed by atoms with Gasteiger partial charge in [-0.2, -0.15) is 4.98 Å². The van der Waals surface area contributed by atoms with Crippen molar-refractivity contribution in [3.05, 3.63) is 20.8 Å². The van der Waals surface area contributed by atoms with Crippen molar-refractivity contribution in [1.29, 1.82) is 0 Å². The minimum Gasteiger partial charge on any atom is -0.394 e. The van der Waals surface area contributed by atoms with Gasteiger partial charge >= 0.3 is 5.69 Å². The van der Waals surface area contributed by atoms with Crippen LogP contribution >= 0.6 is 0 Å². The standard InChI is InChI=1S/C10H13N5O6/c11-9-13-6-3(7(19)14-9)12-10(20)15(6)8-5(18)4(17)2(1-16)21-8/h2,4-5,8,16-18H,1H2,(H,12,20)(H3,11,13,14,19)/t2-,4-,5-,8-/m0/s1. The Morgan fingerprint density at radius 3 is 2.62 bits per heavy atom. The average molecular weight is 299 g/mol. The minimum absolute atomic E-state index is 0.115. The van der Waals surface area contributed by atoms with Crippen LogP contribution in [0.25, 0.3) is 11.2 Å². The molecule has 0 saturated carbocycles. The zero-order chi connectivity index (χ0) is 15.3. The van der Waals surface area contributed by atoms with Gasteiger partial charge in [-0.1, -0.05) is 0 Å². The average Bonchev–Trinajstić information content (AvgIpc) is 2.89. The summed E-state index contributed by atoms with van der Waals surface area (Å²) >= 11 is 0. The number of ether oxygens (including phenoxy) is 1. The zero-order valence-electron chi connectivity index (χ0n) is 10.6. The van der Waals surface area contributed by atoms with Crippen LogP contribution in [0.5, 0.6) is 0 Å². The number of hydrogen-bond donors (Lipinski definition) is 6. The van der Waals surface area contributed by atoms with Gasteiger partial charge in [-0.25, -0.2) is 9.36 Å². The summed E-state index contributed by atoms with van der Waals surface area (Å²) in [6, 6.07) is 0. The van der Waals surface area contributed by atoms with Crippen LogP contribution in [0.15, 0.2) is 9.59 Å². The third-order valence-electron chi connectivity index (χ3n) is 3.37. The number of aromatic nitrogens is 4. The van der Waals surface area contributed by atoms with E-state index in [1.54, 1.807) is 0 Å². The van der Waals surface area contributed by atoms with Crippen molar-refractivity contribution < 1.29 is 20.1 Å². The van der Waals surface area contributed by atoms with Crippen molar-refractivity contribution >= 4 is 17.1 Å². The van der Waals surface area contributed by atoms with Gasteiger partial charge in [-0.15, -0.1) is 0 Å². The number of imidazole rings is 1. The highest BCUT2D eigenvalue weighted by atomic mass is 16.6. The molecule has 4 atom stereocenters. The summed E-state index contributed by atoms with van der Waals surface area (Å²) in [7, 11) is 0.